The van der Waals surface area contributed by atoms with Crippen molar-refractivity contribution in [2.75, 3.05) is 27.0 Å². The summed E-state index contributed by atoms with van der Waals surface area (Å²) in [6.45, 7) is 11.1. The van der Waals surface area contributed by atoms with Crippen LogP contribution in [0.4, 0.5) is 0 Å². The largest absolute Gasteiger partial charge is 0.491 e. The second-order valence-corrected chi connectivity index (χ2v) is 9.94. The van der Waals surface area contributed by atoms with Gasteiger partial charge in [-0.1, -0.05) is 39.5 Å². The average Bonchev–Trinajstić information content (AvgIpc) is 2.67. The van der Waals surface area contributed by atoms with Crippen LogP contribution in [0.2, 0.25) is 0 Å². The van der Waals surface area contributed by atoms with Crippen LogP contribution in [0.3, 0.4) is 0 Å². The van der Waals surface area contributed by atoms with Crippen molar-refractivity contribution in [3.63, 3.8) is 0 Å². The summed E-state index contributed by atoms with van der Waals surface area (Å²) in [5, 5.41) is 3.11. The van der Waals surface area contributed by atoms with Crippen LogP contribution in [0.1, 0.15) is 79.1 Å². The van der Waals surface area contributed by atoms with E-state index in [1.165, 1.54) is 56.3 Å². The molecule has 4 atom stereocenters. The summed E-state index contributed by atoms with van der Waals surface area (Å²) >= 11 is 0. The lowest BCUT2D eigenvalue weighted by Gasteiger charge is -2.51. The Labute approximate surface area is 178 Å². The highest BCUT2D eigenvalue weighted by atomic mass is 16.7. The Kier molecular flexibility index (Phi) is 8.09. The van der Waals surface area contributed by atoms with E-state index in [0.717, 1.165) is 24.6 Å². The standard InChI is InChI=1S/C25H43NO3/c1-6-7-8-9-19-15-22(28-17-27-13-12-26-5)24-20-14-18(2)10-11-21(20)25(3,4)29-23(24)16-19/h15,18-21,26H,6-14,16-17H2,1-5H3. The Morgan fingerprint density at radius 2 is 2.07 bits per heavy atom. The Morgan fingerprint density at radius 3 is 2.83 bits per heavy atom. The minimum atomic E-state index is -0.0800. The topological polar surface area (TPSA) is 39.7 Å². The molecule has 29 heavy (non-hydrogen) atoms. The molecule has 3 aliphatic rings. The molecule has 0 saturated heterocycles. The van der Waals surface area contributed by atoms with Crippen molar-refractivity contribution < 1.29 is 14.2 Å². The predicted octanol–water partition coefficient (Wildman–Crippen LogP) is 5.80. The molecule has 0 aromatic rings. The Balaban J connectivity index is 1.80. The van der Waals surface area contributed by atoms with Crippen LogP contribution in [0.5, 0.6) is 0 Å². The van der Waals surface area contributed by atoms with Crippen molar-refractivity contribution in [1.82, 2.24) is 5.32 Å². The van der Waals surface area contributed by atoms with Gasteiger partial charge in [0, 0.05) is 24.5 Å². The van der Waals surface area contributed by atoms with Gasteiger partial charge < -0.3 is 19.5 Å². The predicted molar refractivity (Wildman–Crippen MR) is 118 cm³/mol. The first kappa shape index (κ1) is 22.7. The molecule has 4 heteroatoms. The second kappa shape index (κ2) is 10.3. The number of unbranched alkanes of at least 4 members (excludes halogenated alkanes) is 2. The first-order chi connectivity index (χ1) is 14.0. The van der Waals surface area contributed by atoms with E-state index < -0.39 is 0 Å². The van der Waals surface area contributed by atoms with E-state index in [4.69, 9.17) is 14.2 Å². The first-order valence-electron chi connectivity index (χ1n) is 12.0. The van der Waals surface area contributed by atoms with Crippen molar-refractivity contribution in [2.24, 2.45) is 23.7 Å². The van der Waals surface area contributed by atoms with Gasteiger partial charge in [0.05, 0.1) is 6.61 Å². The second-order valence-electron chi connectivity index (χ2n) is 9.94. The lowest BCUT2D eigenvalue weighted by molar-refractivity contribution is -0.0851. The Bertz CT molecular complexity index is 595. The van der Waals surface area contributed by atoms with E-state index >= 15 is 0 Å². The summed E-state index contributed by atoms with van der Waals surface area (Å²) in [4.78, 5) is 0. The number of fused-ring (bicyclic) bond motifs is 2. The van der Waals surface area contributed by atoms with Gasteiger partial charge in [0.25, 0.3) is 0 Å². The van der Waals surface area contributed by atoms with Crippen LogP contribution >= 0.6 is 0 Å². The summed E-state index contributed by atoms with van der Waals surface area (Å²) in [6.07, 6.45) is 12.3. The van der Waals surface area contributed by atoms with Gasteiger partial charge in [-0.3, -0.25) is 0 Å². The molecule has 3 rings (SSSR count). The van der Waals surface area contributed by atoms with Crippen LogP contribution in [0.25, 0.3) is 0 Å². The molecule has 1 fully saturated rings. The smallest absolute Gasteiger partial charge is 0.189 e. The van der Waals surface area contributed by atoms with Gasteiger partial charge in [0.1, 0.15) is 17.1 Å². The van der Waals surface area contributed by atoms with Crippen LogP contribution in [0, 0.1) is 23.7 Å². The van der Waals surface area contributed by atoms with E-state index in [-0.39, 0.29) is 5.60 Å². The van der Waals surface area contributed by atoms with E-state index in [1.807, 2.05) is 7.05 Å². The van der Waals surface area contributed by atoms with Crippen LogP contribution in [0.15, 0.2) is 23.2 Å². The fraction of sp³-hybridized carbons (Fsp3) is 0.840. The number of hydrogen-bond donors (Lipinski definition) is 1. The molecule has 1 heterocycles. The number of allylic oxidation sites excluding steroid dienone is 3. The normalized spacial score (nSPS) is 30.9. The summed E-state index contributed by atoms with van der Waals surface area (Å²) in [5.74, 6) is 4.68. The lowest BCUT2D eigenvalue weighted by atomic mass is 9.62. The minimum absolute atomic E-state index is 0.0800. The molecule has 1 N–H and O–H groups in total. The van der Waals surface area contributed by atoms with Gasteiger partial charge in [-0.05, 0) is 64.0 Å². The summed E-state index contributed by atoms with van der Waals surface area (Å²) < 4.78 is 18.7. The molecule has 0 aromatic carbocycles. The SMILES string of the molecule is CCCCCC1C=C(OCOCCNC)C2=C(C1)OC(C)(C)C1CCC(C)CC21. The van der Waals surface area contributed by atoms with Gasteiger partial charge in [-0.25, -0.2) is 0 Å². The van der Waals surface area contributed by atoms with Gasteiger partial charge in [-0.15, -0.1) is 0 Å². The minimum Gasteiger partial charge on any atom is -0.491 e. The molecule has 0 spiro atoms. The summed E-state index contributed by atoms with van der Waals surface area (Å²) in [7, 11) is 1.94. The molecular weight excluding hydrogens is 362 g/mol. The van der Waals surface area contributed by atoms with E-state index in [0.29, 0.717) is 31.2 Å². The molecule has 0 aromatic heterocycles. The Morgan fingerprint density at radius 1 is 1.24 bits per heavy atom. The van der Waals surface area contributed by atoms with E-state index in [1.54, 1.807) is 0 Å². The molecule has 4 unspecified atom stereocenters. The van der Waals surface area contributed by atoms with Crippen LogP contribution < -0.4 is 5.32 Å². The van der Waals surface area contributed by atoms with Crippen molar-refractivity contribution in [3.05, 3.63) is 23.2 Å². The highest BCUT2D eigenvalue weighted by molar-refractivity contribution is 5.39. The summed E-state index contributed by atoms with van der Waals surface area (Å²) in [6, 6.07) is 0. The maximum Gasteiger partial charge on any atom is 0.189 e. The fourth-order valence-electron chi connectivity index (χ4n) is 5.57. The highest BCUT2D eigenvalue weighted by Gasteiger charge is 2.49. The number of hydrogen-bond acceptors (Lipinski definition) is 4. The van der Waals surface area contributed by atoms with Crippen molar-refractivity contribution in [1.29, 1.82) is 0 Å². The fourth-order valence-corrected chi connectivity index (χ4v) is 5.57. The number of nitrogens with one attached hydrogen (secondary N) is 1. The zero-order valence-electron chi connectivity index (χ0n) is 19.4. The number of likely N-dealkylation sites (N-methyl/N-ethyl adjacent to an activating group) is 1. The first-order valence-corrected chi connectivity index (χ1v) is 12.0. The molecular formula is C25H43NO3. The van der Waals surface area contributed by atoms with Crippen molar-refractivity contribution in [2.45, 2.75) is 84.7 Å². The third-order valence-corrected chi connectivity index (χ3v) is 7.14. The van der Waals surface area contributed by atoms with Crippen LogP contribution in [-0.4, -0.2) is 32.6 Å². The number of rotatable bonds is 10. The molecule has 166 valence electrons. The number of ether oxygens (including phenoxy) is 3. The molecule has 4 nitrogen and oxygen atoms in total. The maximum absolute atomic E-state index is 6.70. The van der Waals surface area contributed by atoms with Crippen LogP contribution in [-0.2, 0) is 14.2 Å². The molecule has 0 radical (unpaired) electrons. The van der Waals surface area contributed by atoms with Gasteiger partial charge >= 0.3 is 0 Å². The quantitative estimate of drug-likeness (QED) is 0.368. The van der Waals surface area contributed by atoms with Crippen molar-refractivity contribution in [3.8, 4) is 0 Å². The monoisotopic (exact) mass is 405 g/mol. The van der Waals surface area contributed by atoms with E-state index in [9.17, 15) is 0 Å². The molecule has 0 bridgehead atoms. The average molecular weight is 406 g/mol. The Hall–Kier alpha value is -1.00. The van der Waals surface area contributed by atoms with E-state index in [2.05, 4.69) is 39.1 Å². The maximum atomic E-state index is 6.70. The zero-order chi connectivity index (χ0) is 20.9. The third-order valence-electron chi connectivity index (χ3n) is 7.14. The molecule has 2 aliphatic carbocycles. The zero-order valence-corrected chi connectivity index (χ0v) is 19.4. The van der Waals surface area contributed by atoms with Gasteiger partial charge in [0.15, 0.2) is 6.79 Å². The highest BCUT2D eigenvalue weighted by Crippen LogP contribution is 2.53. The molecule has 1 aliphatic heterocycles. The van der Waals surface area contributed by atoms with Gasteiger partial charge in [-0.2, -0.15) is 0 Å². The van der Waals surface area contributed by atoms with Gasteiger partial charge in [0.2, 0.25) is 0 Å². The molecule has 0 amide bonds. The lowest BCUT2D eigenvalue weighted by Crippen LogP contribution is -2.47. The summed E-state index contributed by atoms with van der Waals surface area (Å²) in [5.41, 5.74) is 1.29. The molecule has 1 saturated carbocycles. The van der Waals surface area contributed by atoms with Crippen molar-refractivity contribution >= 4 is 0 Å². The third kappa shape index (κ3) is 5.58.